The monoisotopic (exact) mass is 546 g/mol. The summed E-state index contributed by atoms with van der Waals surface area (Å²) in [6, 6.07) is 0. The fourth-order valence-corrected chi connectivity index (χ4v) is 3.67. The molecule has 0 aromatic carbocycles. The highest BCUT2D eigenvalue weighted by Gasteiger charge is 2.01. The Morgan fingerprint density at radius 1 is 0.553 bits per heavy atom. The van der Waals surface area contributed by atoms with Crippen molar-refractivity contribution in [3.8, 4) is 0 Å². The smallest absolute Gasteiger partial charge is 0.303 e. The molecule has 0 aromatic rings. The van der Waals surface area contributed by atoms with E-state index >= 15 is 0 Å². The predicted molar refractivity (Wildman–Crippen MR) is 147 cm³/mol. The van der Waals surface area contributed by atoms with Crippen LogP contribution >= 0.6 is 0 Å². The van der Waals surface area contributed by atoms with Crippen LogP contribution in [0.1, 0.15) is 90.4 Å². The van der Waals surface area contributed by atoms with Gasteiger partial charge in [0.25, 0.3) is 0 Å². The third-order valence-electron chi connectivity index (χ3n) is 5.72. The third kappa shape index (κ3) is 32.4. The molecular weight excluding hydrogens is 492 g/mol. The second kappa shape index (κ2) is 30.0. The van der Waals surface area contributed by atoms with Crippen molar-refractivity contribution in [2.75, 3.05) is 72.5 Å². The molecule has 0 rings (SSSR count). The SMILES string of the molecule is CC(=O)COCCOCCNC(=O)COCCCOCCNCCCCCCCCCCCCCC(=O)O. The number of unbranched alkanes of at least 4 members (excludes halogenated alkanes) is 10. The number of ether oxygens (including phenoxy) is 4. The summed E-state index contributed by atoms with van der Waals surface area (Å²) in [7, 11) is 0. The molecular formula is C28H54N2O8. The number of hydrogen-bond acceptors (Lipinski definition) is 8. The fraction of sp³-hybridized carbons (Fsp3) is 0.893. The number of aliphatic carboxylic acids is 1. The number of ketones is 1. The normalized spacial score (nSPS) is 11.1. The van der Waals surface area contributed by atoms with Gasteiger partial charge < -0.3 is 34.7 Å². The fourth-order valence-electron chi connectivity index (χ4n) is 3.67. The van der Waals surface area contributed by atoms with Gasteiger partial charge in [-0.2, -0.15) is 0 Å². The van der Waals surface area contributed by atoms with Gasteiger partial charge in [-0.3, -0.25) is 14.4 Å². The number of hydrogen-bond donors (Lipinski definition) is 3. The van der Waals surface area contributed by atoms with Crippen molar-refractivity contribution in [1.29, 1.82) is 0 Å². The molecule has 38 heavy (non-hydrogen) atoms. The van der Waals surface area contributed by atoms with E-state index in [2.05, 4.69) is 10.6 Å². The number of Topliss-reactive ketones (excluding diaryl/α,β-unsaturated/α-hetero) is 1. The Labute approximate surface area is 229 Å². The molecule has 0 aliphatic rings. The van der Waals surface area contributed by atoms with Gasteiger partial charge in [0.05, 0.1) is 26.4 Å². The van der Waals surface area contributed by atoms with Crippen molar-refractivity contribution in [1.82, 2.24) is 10.6 Å². The minimum Gasteiger partial charge on any atom is -0.481 e. The first kappa shape index (κ1) is 36.4. The lowest BCUT2D eigenvalue weighted by molar-refractivity contribution is -0.137. The van der Waals surface area contributed by atoms with Crippen LogP contribution in [0.2, 0.25) is 0 Å². The molecule has 10 nitrogen and oxygen atoms in total. The van der Waals surface area contributed by atoms with Gasteiger partial charge in [-0.1, -0.05) is 57.8 Å². The van der Waals surface area contributed by atoms with Crippen LogP contribution in [0, 0.1) is 0 Å². The Balaban J connectivity index is 3.14. The Bertz CT molecular complexity index is 563. The molecule has 10 heteroatoms. The maximum atomic E-state index is 11.7. The second-order valence-electron chi connectivity index (χ2n) is 9.52. The summed E-state index contributed by atoms with van der Waals surface area (Å²) >= 11 is 0. The molecule has 0 spiro atoms. The van der Waals surface area contributed by atoms with Crippen LogP contribution in [-0.2, 0) is 33.3 Å². The van der Waals surface area contributed by atoms with Crippen molar-refractivity contribution >= 4 is 17.7 Å². The first-order chi connectivity index (χ1) is 18.5. The van der Waals surface area contributed by atoms with Crippen molar-refractivity contribution in [3.63, 3.8) is 0 Å². The maximum Gasteiger partial charge on any atom is 0.303 e. The average Bonchev–Trinajstić information content (AvgIpc) is 2.88. The first-order valence-electron chi connectivity index (χ1n) is 14.5. The molecule has 0 aliphatic carbocycles. The Morgan fingerprint density at radius 3 is 1.74 bits per heavy atom. The van der Waals surface area contributed by atoms with E-state index in [-0.39, 0.29) is 24.9 Å². The second-order valence-corrected chi connectivity index (χ2v) is 9.52. The van der Waals surface area contributed by atoms with Gasteiger partial charge in [-0.15, -0.1) is 0 Å². The number of nitrogens with one attached hydrogen (secondary N) is 2. The molecule has 0 aromatic heterocycles. The van der Waals surface area contributed by atoms with Gasteiger partial charge in [0.1, 0.15) is 13.2 Å². The lowest BCUT2D eigenvalue weighted by atomic mass is 10.1. The van der Waals surface area contributed by atoms with E-state index in [9.17, 15) is 14.4 Å². The van der Waals surface area contributed by atoms with Crippen LogP contribution in [0.25, 0.3) is 0 Å². The van der Waals surface area contributed by atoms with E-state index < -0.39 is 5.97 Å². The van der Waals surface area contributed by atoms with Crippen LogP contribution in [0.5, 0.6) is 0 Å². The molecule has 0 unspecified atom stereocenters. The van der Waals surface area contributed by atoms with Gasteiger partial charge in [0.2, 0.25) is 5.91 Å². The summed E-state index contributed by atoms with van der Waals surface area (Å²) in [5, 5.41) is 14.7. The van der Waals surface area contributed by atoms with E-state index in [1.807, 2.05) is 0 Å². The highest BCUT2D eigenvalue weighted by molar-refractivity contribution is 5.77. The predicted octanol–water partition coefficient (Wildman–Crippen LogP) is 3.50. The molecule has 0 saturated heterocycles. The summed E-state index contributed by atoms with van der Waals surface area (Å²) in [4.78, 5) is 32.8. The number of amides is 1. The average molecular weight is 547 g/mol. The number of carboxylic acid groups (broad SMARTS) is 1. The van der Waals surface area contributed by atoms with Crippen molar-refractivity contribution in [3.05, 3.63) is 0 Å². The molecule has 3 N–H and O–H groups in total. The lowest BCUT2D eigenvalue weighted by Crippen LogP contribution is -2.31. The summed E-state index contributed by atoms with van der Waals surface area (Å²) in [5.41, 5.74) is 0. The Kier molecular flexibility index (Phi) is 28.7. The van der Waals surface area contributed by atoms with Crippen molar-refractivity contribution < 1.29 is 38.4 Å². The van der Waals surface area contributed by atoms with Gasteiger partial charge in [-0.25, -0.2) is 0 Å². The highest BCUT2D eigenvalue weighted by Crippen LogP contribution is 2.11. The van der Waals surface area contributed by atoms with Gasteiger partial charge >= 0.3 is 5.97 Å². The minimum atomic E-state index is -0.682. The van der Waals surface area contributed by atoms with Crippen molar-refractivity contribution in [2.24, 2.45) is 0 Å². The Hall–Kier alpha value is -1.59. The molecule has 0 heterocycles. The summed E-state index contributed by atoms with van der Waals surface area (Å²) in [6.07, 6.45) is 14.2. The number of carbonyl (C=O) groups is 3. The van der Waals surface area contributed by atoms with E-state index in [0.29, 0.717) is 52.6 Å². The van der Waals surface area contributed by atoms with Crippen LogP contribution in [0.15, 0.2) is 0 Å². The largest absolute Gasteiger partial charge is 0.481 e. The summed E-state index contributed by atoms with van der Waals surface area (Å²) < 4.78 is 21.3. The van der Waals surface area contributed by atoms with Gasteiger partial charge in [0, 0.05) is 32.7 Å². The molecule has 0 atom stereocenters. The number of rotatable bonds is 31. The van der Waals surface area contributed by atoms with Crippen LogP contribution < -0.4 is 10.6 Å². The molecule has 0 radical (unpaired) electrons. The van der Waals surface area contributed by atoms with E-state index in [1.54, 1.807) is 0 Å². The molecule has 224 valence electrons. The topological polar surface area (TPSA) is 132 Å². The third-order valence-corrected chi connectivity index (χ3v) is 5.72. The molecule has 1 amide bonds. The van der Waals surface area contributed by atoms with Crippen LogP contribution in [0.4, 0.5) is 0 Å². The first-order valence-corrected chi connectivity index (χ1v) is 14.5. The zero-order valence-electron chi connectivity index (χ0n) is 23.8. The van der Waals surface area contributed by atoms with E-state index in [0.717, 1.165) is 38.8 Å². The maximum absolute atomic E-state index is 11.7. The lowest BCUT2D eigenvalue weighted by Gasteiger charge is -2.08. The number of carboxylic acids is 1. The zero-order chi connectivity index (χ0) is 27.9. The molecule has 0 fully saturated rings. The Morgan fingerprint density at radius 2 is 1.08 bits per heavy atom. The van der Waals surface area contributed by atoms with Crippen LogP contribution in [0.3, 0.4) is 0 Å². The standard InChI is InChI=1S/C28H54N2O8/c1-26(31)24-38-23-22-36-21-17-30-27(32)25-37-19-13-18-35-20-16-29-15-12-10-8-6-4-2-3-5-7-9-11-14-28(33)34/h29H,2-25H2,1H3,(H,30,32)(H,33,34). The molecule has 0 bridgehead atoms. The van der Waals surface area contributed by atoms with Gasteiger partial charge in [-0.05, 0) is 32.7 Å². The highest BCUT2D eigenvalue weighted by atomic mass is 16.5. The molecule has 0 aliphatic heterocycles. The zero-order valence-corrected chi connectivity index (χ0v) is 23.8. The quantitative estimate of drug-likeness (QED) is 0.112. The minimum absolute atomic E-state index is 0.0163. The summed E-state index contributed by atoms with van der Waals surface area (Å²) in [5.74, 6) is -0.872. The van der Waals surface area contributed by atoms with Crippen molar-refractivity contribution in [2.45, 2.75) is 90.4 Å². The van der Waals surface area contributed by atoms with E-state index in [4.69, 9.17) is 24.1 Å². The van der Waals surface area contributed by atoms with E-state index in [1.165, 1.54) is 58.3 Å². The van der Waals surface area contributed by atoms with Gasteiger partial charge in [0.15, 0.2) is 5.78 Å². The summed E-state index contributed by atoms with van der Waals surface area (Å²) in [6.45, 7) is 6.79. The molecule has 0 saturated carbocycles. The number of carbonyl (C=O) groups excluding carboxylic acids is 2. The van der Waals surface area contributed by atoms with Crippen LogP contribution in [-0.4, -0.2) is 95.3 Å².